The van der Waals surface area contributed by atoms with Crippen molar-refractivity contribution in [1.82, 2.24) is 5.32 Å². The summed E-state index contributed by atoms with van der Waals surface area (Å²) in [5, 5.41) is 14.9. The van der Waals surface area contributed by atoms with Gasteiger partial charge in [-0.25, -0.2) is 0 Å². The van der Waals surface area contributed by atoms with E-state index >= 15 is 0 Å². The average molecular weight is 315 g/mol. The standard InChI is InChI=1S/C14H19ClN2O4/c1-4-14(2,13(19)20)16-8-12(18)17-9-5-6-11(21-3)10(15)7-9/h5-7,16H,4,8H2,1-3H3,(H,17,18)(H,19,20). The van der Waals surface area contributed by atoms with Crippen molar-refractivity contribution in [3.8, 4) is 5.75 Å². The number of halogens is 1. The summed E-state index contributed by atoms with van der Waals surface area (Å²) in [6, 6.07) is 4.85. The zero-order valence-corrected chi connectivity index (χ0v) is 13.0. The molecule has 116 valence electrons. The van der Waals surface area contributed by atoms with Gasteiger partial charge in [0.1, 0.15) is 11.3 Å². The highest BCUT2D eigenvalue weighted by atomic mass is 35.5. The first-order chi connectivity index (χ1) is 9.82. The molecule has 0 saturated carbocycles. The predicted molar refractivity (Wildman–Crippen MR) is 81.0 cm³/mol. The monoisotopic (exact) mass is 314 g/mol. The highest BCUT2D eigenvalue weighted by Gasteiger charge is 2.30. The SMILES string of the molecule is CCC(C)(NCC(=O)Nc1ccc(OC)c(Cl)c1)C(=O)O. The third-order valence-corrected chi connectivity index (χ3v) is 3.55. The molecule has 1 amide bonds. The molecule has 0 bridgehead atoms. The van der Waals surface area contributed by atoms with E-state index in [0.717, 1.165) is 0 Å². The van der Waals surface area contributed by atoms with Crippen LogP contribution in [0.3, 0.4) is 0 Å². The van der Waals surface area contributed by atoms with Crippen LogP contribution in [-0.2, 0) is 9.59 Å². The number of benzene rings is 1. The fourth-order valence-corrected chi connectivity index (χ4v) is 1.83. The molecule has 0 aliphatic heterocycles. The van der Waals surface area contributed by atoms with Crippen LogP contribution in [0.2, 0.25) is 5.02 Å². The lowest BCUT2D eigenvalue weighted by atomic mass is 9.99. The van der Waals surface area contributed by atoms with Gasteiger partial charge < -0.3 is 15.2 Å². The number of carboxylic acid groups (broad SMARTS) is 1. The molecule has 3 N–H and O–H groups in total. The van der Waals surface area contributed by atoms with Gasteiger partial charge in [-0.05, 0) is 31.5 Å². The van der Waals surface area contributed by atoms with E-state index in [9.17, 15) is 9.59 Å². The highest BCUT2D eigenvalue weighted by molar-refractivity contribution is 6.32. The average Bonchev–Trinajstić information content (AvgIpc) is 2.44. The van der Waals surface area contributed by atoms with Gasteiger partial charge in [-0.3, -0.25) is 14.9 Å². The minimum Gasteiger partial charge on any atom is -0.495 e. The predicted octanol–water partition coefficient (Wildman–Crippen LogP) is 2.13. The molecule has 1 aromatic carbocycles. The van der Waals surface area contributed by atoms with Crippen LogP contribution in [0.25, 0.3) is 0 Å². The molecule has 21 heavy (non-hydrogen) atoms. The number of hydrogen-bond donors (Lipinski definition) is 3. The number of carbonyl (C=O) groups is 2. The van der Waals surface area contributed by atoms with E-state index in [1.807, 2.05) is 0 Å². The second kappa shape index (κ2) is 7.28. The number of hydrogen-bond acceptors (Lipinski definition) is 4. The number of anilines is 1. The molecule has 0 aliphatic carbocycles. The number of aliphatic carboxylic acids is 1. The number of ether oxygens (including phenoxy) is 1. The summed E-state index contributed by atoms with van der Waals surface area (Å²) < 4.78 is 5.02. The third kappa shape index (κ3) is 4.61. The number of methoxy groups -OCH3 is 1. The first-order valence-electron chi connectivity index (χ1n) is 6.44. The van der Waals surface area contributed by atoms with Crippen molar-refractivity contribution < 1.29 is 19.4 Å². The molecule has 0 fully saturated rings. The fourth-order valence-electron chi connectivity index (χ4n) is 1.58. The number of amides is 1. The van der Waals surface area contributed by atoms with E-state index in [1.165, 1.54) is 14.0 Å². The van der Waals surface area contributed by atoms with Gasteiger partial charge in [0, 0.05) is 5.69 Å². The summed E-state index contributed by atoms with van der Waals surface area (Å²) in [4.78, 5) is 22.9. The van der Waals surface area contributed by atoms with Gasteiger partial charge in [0.2, 0.25) is 5.91 Å². The van der Waals surface area contributed by atoms with E-state index < -0.39 is 11.5 Å². The van der Waals surface area contributed by atoms with Crippen molar-refractivity contribution in [2.45, 2.75) is 25.8 Å². The summed E-state index contributed by atoms with van der Waals surface area (Å²) >= 11 is 5.96. The lowest BCUT2D eigenvalue weighted by Gasteiger charge is -2.24. The molecule has 0 radical (unpaired) electrons. The van der Waals surface area contributed by atoms with E-state index in [0.29, 0.717) is 22.9 Å². The Hall–Kier alpha value is -1.79. The number of carbonyl (C=O) groups excluding carboxylic acids is 1. The summed E-state index contributed by atoms with van der Waals surface area (Å²) in [5.74, 6) is -0.834. The summed E-state index contributed by atoms with van der Waals surface area (Å²) in [6.45, 7) is 3.16. The number of carboxylic acids is 1. The molecule has 0 saturated heterocycles. The van der Waals surface area contributed by atoms with Gasteiger partial charge in [0.05, 0.1) is 18.7 Å². The topological polar surface area (TPSA) is 87.7 Å². The van der Waals surface area contributed by atoms with Gasteiger partial charge in [-0.15, -0.1) is 0 Å². The Balaban J connectivity index is 2.62. The van der Waals surface area contributed by atoms with E-state index in [1.54, 1.807) is 25.1 Å². The quantitative estimate of drug-likeness (QED) is 0.717. The van der Waals surface area contributed by atoms with Crippen LogP contribution in [0.1, 0.15) is 20.3 Å². The number of rotatable bonds is 7. The zero-order chi connectivity index (χ0) is 16.0. The van der Waals surface area contributed by atoms with Crippen LogP contribution in [0.15, 0.2) is 18.2 Å². The first-order valence-corrected chi connectivity index (χ1v) is 6.82. The van der Waals surface area contributed by atoms with Crippen LogP contribution in [0.5, 0.6) is 5.75 Å². The summed E-state index contributed by atoms with van der Waals surface area (Å²) in [6.07, 6.45) is 0.365. The Bertz CT molecular complexity index is 536. The van der Waals surface area contributed by atoms with E-state index in [-0.39, 0.29) is 12.5 Å². The Kier molecular flexibility index (Phi) is 5.99. The van der Waals surface area contributed by atoms with Crippen molar-refractivity contribution in [3.63, 3.8) is 0 Å². The molecule has 1 atom stereocenters. The van der Waals surface area contributed by atoms with Crippen LogP contribution in [-0.4, -0.2) is 36.2 Å². The molecule has 7 heteroatoms. The molecule has 6 nitrogen and oxygen atoms in total. The minimum atomic E-state index is -1.13. The van der Waals surface area contributed by atoms with Crippen LogP contribution >= 0.6 is 11.6 Å². The van der Waals surface area contributed by atoms with Crippen molar-refractivity contribution in [3.05, 3.63) is 23.2 Å². The maximum absolute atomic E-state index is 11.8. The third-order valence-electron chi connectivity index (χ3n) is 3.25. The van der Waals surface area contributed by atoms with Gasteiger partial charge in [-0.1, -0.05) is 18.5 Å². The van der Waals surface area contributed by atoms with Crippen molar-refractivity contribution in [1.29, 1.82) is 0 Å². The molecule has 0 aliphatic rings. The summed E-state index contributed by atoms with van der Waals surface area (Å²) in [7, 11) is 1.50. The van der Waals surface area contributed by atoms with Gasteiger partial charge >= 0.3 is 5.97 Å². The maximum Gasteiger partial charge on any atom is 0.323 e. The molecule has 0 aromatic heterocycles. The molecular formula is C14H19ClN2O4. The van der Waals surface area contributed by atoms with Crippen LogP contribution in [0, 0.1) is 0 Å². The minimum absolute atomic E-state index is 0.111. The highest BCUT2D eigenvalue weighted by Crippen LogP contribution is 2.27. The van der Waals surface area contributed by atoms with Crippen molar-refractivity contribution in [2.75, 3.05) is 19.0 Å². The second-order valence-corrected chi connectivity index (χ2v) is 5.15. The lowest BCUT2D eigenvalue weighted by Crippen LogP contribution is -2.51. The molecule has 0 spiro atoms. The molecule has 1 rings (SSSR count). The normalized spacial score (nSPS) is 13.3. The largest absolute Gasteiger partial charge is 0.495 e. The molecule has 1 unspecified atom stereocenters. The Morgan fingerprint density at radius 1 is 1.43 bits per heavy atom. The Morgan fingerprint density at radius 2 is 2.10 bits per heavy atom. The molecular weight excluding hydrogens is 296 g/mol. The summed E-state index contributed by atoms with van der Waals surface area (Å²) in [5.41, 5.74) is -0.615. The van der Waals surface area contributed by atoms with Crippen LogP contribution < -0.4 is 15.4 Å². The van der Waals surface area contributed by atoms with Gasteiger partial charge in [0.25, 0.3) is 0 Å². The number of nitrogens with one attached hydrogen (secondary N) is 2. The second-order valence-electron chi connectivity index (χ2n) is 4.74. The van der Waals surface area contributed by atoms with Gasteiger partial charge in [0.15, 0.2) is 0 Å². The zero-order valence-electron chi connectivity index (χ0n) is 12.2. The van der Waals surface area contributed by atoms with E-state index in [2.05, 4.69) is 10.6 Å². The lowest BCUT2D eigenvalue weighted by molar-refractivity contribution is -0.144. The van der Waals surface area contributed by atoms with Crippen molar-refractivity contribution >= 4 is 29.2 Å². The molecule has 0 heterocycles. The maximum atomic E-state index is 11.8. The van der Waals surface area contributed by atoms with Crippen LogP contribution in [0.4, 0.5) is 5.69 Å². The van der Waals surface area contributed by atoms with Crippen molar-refractivity contribution in [2.24, 2.45) is 0 Å². The van der Waals surface area contributed by atoms with Gasteiger partial charge in [-0.2, -0.15) is 0 Å². The smallest absolute Gasteiger partial charge is 0.323 e. The first kappa shape index (κ1) is 17.3. The molecule has 1 aromatic rings. The fraction of sp³-hybridized carbons (Fsp3) is 0.429. The Labute approximate surface area is 128 Å². The van der Waals surface area contributed by atoms with E-state index in [4.69, 9.17) is 21.4 Å². The Morgan fingerprint density at radius 3 is 2.57 bits per heavy atom.